The standard InChI is InChI=1S/C9H8ClN5/c10-8-7-6(3-1-2-4-11)14-15-9(7)13-5-12-8/h5H,2,4,11H2,(H,12,13,14,15). The quantitative estimate of drug-likeness (QED) is 0.549. The van der Waals surface area contributed by atoms with Gasteiger partial charge < -0.3 is 5.73 Å². The molecule has 76 valence electrons. The summed E-state index contributed by atoms with van der Waals surface area (Å²) in [6, 6.07) is 0. The highest BCUT2D eigenvalue weighted by Crippen LogP contribution is 2.19. The molecule has 0 aliphatic carbocycles. The highest BCUT2D eigenvalue weighted by Gasteiger charge is 2.08. The second kappa shape index (κ2) is 4.26. The van der Waals surface area contributed by atoms with Gasteiger partial charge in [-0.2, -0.15) is 5.10 Å². The Bertz CT molecular complexity index is 536. The van der Waals surface area contributed by atoms with Crippen LogP contribution in [0.2, 0.25) is 5.15 Å². The second-order valence-corrected chi connectivity index (χ2v) is 3.16. The molecule has 0 atom stereocenters. The van der Waals surface area contributed by atoms with E-state index in [1.165, 1.54) is 6.33 Å². The lowest BCUT2D eigenvalue weighted by molar-refractivity contribution is 1.03. The van der Waals surface area contributed by atoms with Crippen molar-refractivity contribution in [3.63, 3.8) is 0 Å². The van der Waals surface area contributed by atoms with Crippen LogP contribution in [-0.2, 0) is 0 Å². The molecule has 0 aliphatic heterocycles. The first kappa shape index (κ1) is 9.90. The molecule has 2 rings (SSSR count). The van der Waals surface area contributed by atoms with Gasteiger partial charge in [-0.15, -0.1) is 0 Å². The Hall–Kier alpha value is -1.64. The summed E-state index contributed by atoms with van der Waals surface area (Å²) in [5, 5.41) is 7.73. The number of nitrogens with two attached hydrogens (primary N) is 1. The highest BCUT2D eigenvalue weighted by molar-refractivity contribution is 6.34. The lowest BCUT2D eigenvalue weighted by atomic mass is 10.3. The molecule has 2 heterocycles. The van der Waals surface area contributed by atoms with Crippen LogP contribution >= 0.6 is 11.6 Å². The number of hydrogen-bond acceptors (Lipinski definition) is 4. The van der Waals surface area contributed by atoms with Crippen LogP contribution in [0.5, 0.6) is 0 Å². The van der Waals surface area contributed by atoms with Crippen LogP contribution in [0.15, 0.2) is 6.33 Å². The molecule has 0 aliphatic rings. The zero-order valence-corrected chi connectivity index (χ0v) is 8.54. The summed E-state index contributed by atoms with van der Waals surface area (Å²) in [6.45, 7) is 0.531. The maximum atomic E-state index is 5.91. The van der Waals surface area contributed by atoms with Crippen molar-refractivity contribution in [2.45, 2.75) is 6.42 Å². The monoisotopic (exact) mass is 221 g/mol. The number of aromatic nitrogens is 4. The smallest absolute Gasteiger partial charge is 0.186 e. The minimum Gasteiger partial charge on any atom is -0.330 e. The van der Waals surface area contributed by atoms with Gasteiger partial charge in [0, 0.05) is 13.0 Å². The summed E-state index contributed by atoms with van der Waals surface area (Å²) in [7, 11) is 0. The van der Waals surface area contributed by atoms with Crippen LogP contribution < -0.4 is 5.73 Å². The van der Waals surface area contributed by atoms with Crippen molar-refractivity contribution in [2.75, 3.05) is 6.54 Å². The Balaban J connectivity index is 2.50. The van der Waals surface area contributed by atoms with Crippen molar-refractivity contribution in [1.82, 2.24) is 20.2 Å². The molecular formula is C9H8ClN5. The summed E-state index contributed by atoms with van der Waals surface area (Å²) in [6.07, 6.45) is 1.99. The van der Waals surface area contributed by atoms with Crippen LogP contribution in [0, 0.1) is 11.8 Å². The van der Waals surface area contributed by atoms with Gasteiger partial charge in [0.05, 0.1) is 5.39 Å². The Kier molecular flexibility index (Phi) is 2.81. The maximum absolute atomic E-state index is 5.91. The van der Waals surface area contributed by atoms with Gasteiger partial charge in [0.2, 0.25) is 0 Å². The predicted octanol–water partition coefficient (Wildman–Crippen LogP) is 0.707. The predicted molar refractivity (Wildman–Crippen MR) is 57.2 cm³/mol. The van der Waals surface area contributed by atoms with Gasteiger partial charge in [-0.25, -0.2) is 9.97 Å². The van der Waals surface area contributed by atoms with Gasteiger partial charge in [-0.1, -0.05) is 17.5 Å². The number of aromatic amines is 1. The number of nitrogens with one attached hydrogen (secondary N) is 1. The molecule has 15 heavy (non-hydrogen) atoms. The van der Waals surface area contributed by atoms with E-state index in [0.29, 0.717) is 34.8 Å². The Morgan fingerprint density at radius 3 is 3.13 bits per heavy atom. The molecule has 0 amide bonds. The summed E-state index contributed by atoms with van der Waals surface area (Å²) in [4.78, 5) is 7.83. The first-order chi connectivity index (χ1) is 7.33. The minimum absolute atomic E-state index is 0.353. The van der Waals surface area contributed by atoms with Crippen LogP contribution in [0.25, 0.3) is 11.0 Å². The lowest BCUT2D eigenvalue weighted by Gasteiger charge is -1.89. The van der Waals surface area contributed by atoms with Crippen molar-refractivity contribution >= 4 is 22.6 Å². The molecule has 5 nitrogen and oxygen atoms in total. The van der Waals surface area contributed by atoms with Crippen molar-refractivity contribution in [2.24, 2.45) is 5.73 Å². The van der Waals surface area contributed by atoms with Crippen molar-refractivity contribution in [3.8, 4) is 11.8 Å². The van der Waals surface area contributed by atoms with E-state index in [1.807, 2.05) is 0 Å². The first-order valence-electron chi connectivity index (χ1n) is 4.36. The normalized spacial score (nSPS) is 10.0. The highest BCUT2D eigenvalue weighted by atomic mass is 35.5. The number of nitrogens with zero attached hydrogens (tertiary/aromatic N) is 3. The van der Waals surface area contributed by atoms with Gasteiger partial charge in [-0.3, -0.25) is 5.10 Å². The van der Waals surface area contributed by atoms with Crippen molar-refractivity contribution in [3.05, 3.63) is 17.2 Å². The SMILES string of the molecule is NCCC#Cc1[nH]nc2ncnc(Cl)c12. The summed E-state index contributed by atoms with van der Waals surface area (Å²) in [5.74, 6) is 5.79. The fourth-order valence-corrected chi connectivity index (χ4v) is 1.36. The van der Waals surface area contributed by atoms with E-state index in [-0.39, 0.29) is 0 Å². The van der Waals surface area contributed by atoms with Gasteiger partial charge in [-0.05, 0) is 5.92 Å². The van der Waals surface area contributed by atoms with E-state index in [9.17, 15) is 0 Å². The lowest BCUT2D eigenvalue weighted by Crippen LogP contribution is -1.95. The fourth-order valence-electron chi connectivity index (χ4n) is 1.13. The number of H-pyrrole nitrogens is 1. The molecule has 3 N–H and O–H groups in total. The number of fused-ring (bicyclic) bond motifs is 1. The maximum Gasteiger partial charge on any atom is 0.186 e. The molecule has 0 aromatic carbocycles. The number of halogens is 1. The Morgan fingerprint density at radius 2 is 2.33 bits per heavy atom. The van der Waals surface area contributed by atoms with Crippen LogP contribution in [0.4, 0.5) is 0 Å². The summed E-state index contributed by atoms with van der Waals surface area (Å²) < 4.78 is 0. The zero-order chi connectivity index (χ0) is 10.7. The molecule has 0 radical (unpaired) electrons. The molecule has 6 heteroatoms. The molecule has 0 fully saturated rings. The number of rotatable bonds is 1. The van der Waals surface area contributed by atoms with Crippen molar-refractivity contribution in [1.29, 1.82) is 0 Å². The Morgan fingerprint density at radius 1 is 1.47 bits per heavy atom. The summed E-state index contributed by atoms with van der Waals surface area (Å²) in [5.41, 5.74) is 6.48. The zero-order valence-electron chi connectivity index (χ0n) is 7.79. The van der Waals surface area contributed by atoms with E-state index < -0.39 is 0 Å². The van der Waals surface area contributed by atoms with Crippen LogP contribution in [0.3, 0.4) is 0 Å². The van der Waals surface area contributed by atoms with E-state index in [1.54, 1.807) is 0 Å². The molecule has 0 unspecified atom stereocenters. The van der Waals surface area contributed by atoms with Crippen LogP contribution in [-0.4, -0.2) is 26.7 Å². The average Bonchev–Trinajstić information content (AvgIpc) is 2.63. The molecule has 0 bridgehead atoms. The van der Waals surface area contributed by atoms with Crippen LogP contribution in [0.1, 0.15) is 12.1 Å². The summed E-state index contributed by atoms with van der Waals surface area (Å²) >= 11 is 5.91. The molecule has 0 saturated heterocycles. The largest absolute Gasteiger partial charge is 0.330 e. The van der Waals surface area contributed by atoms with E-state index in [0.717, 1.165) is 0 Å². The first-order valence-corrected chi connectivity index (χ1v) is 4.74. The second-order valence-electron chi connectivity index (χ2n) is 2.80. The van der Waals surface area contributed by atoms with Crippen molar-refractivity contribution < 1.29 is 0 Å². The van der Waals surface area contributed by atoms with E-state index >= 15 is 0 Å². The van der Waals surface area contributed by atoms with Gasteiger partial charge in [0.1, 0.15) is 17.2 Å². The third-order valence-corrected chi connectivity index (χ3v) is 2.07. The minimum atomic E-state index is 0.353. The van der Waals surface area contributed by atoms with Gasteiger partial charge >= 0.3 is 0 Å². The third-order valence-electron chi connectivity index (χ3n) is 1.79. The fraction of sp³-hybridized carbons (Fsp3) is 0.222. The van der Waals surface area contributed by atoms with Gasteiger partial charge in [0.25, 0.3) is 0 Å². The molecular weight excluding hydrogens is 214 g/mol. The van der Waals surface area contributed by atoms with E-state index in [2.05, 4.69) is 32.0 Å². The van der Waals surface area contributed by atoms with E-state index in [4.69, 9.17) is 17.3 Å². The topological polar surface area (TPSA) is 80.5 Å². The molecule has 2 aromatic rings. The molecule has 0 saturated carbocycles. The molecule has 2 aromatic heterocycles. The Labute approximate surface area is 91.1 Å². The number of hydrogen-bond donors (Lipinski definition) is 2. The third kappa shape index (κ3) is 1.91. The van der Waals surface area contributed by atoms with Gasteiger partial charge in [0.15, 0.2) is 5.65 Å². The molecule has 0 spiro atoms. The average molecular weight is 222 g/mol.